The van der Waals surface area contributed by atoms with Crippen molar-refractivity contribution < 1.29 is 0 Å². The number of anilines is 3. The highest BCUT2D eigenvalue weighted by Gasteiger charge is 2.16. The van der Waals surface area contributed by atoms with Crippen LogP contribution in [-0.2, 0) is 13.1 Å². The van der Waals surface area contributed by atoms with E-state index in [0.29, 0.717) is 0 Å². The lowest BCUT2D eigenvalue weighted by molar-refractivity contribution is 0.796. The van der Waals surface area contributed by atoms with Crippen LogP contribution in [0.25, 0.3) is 10.2 Å². The Kier molecular flexibility index (Phi) is 5.04. The Morgan fingerprint density at radius 3 is 2.62 bits per heavy atom. The highest BCUT2D eigenvalue weighted by Crippen LogP contribution is 2.33. The molecule has 0 aliphatic carbocycles. The minimum absolute atomic E-state index is 0.785. The number of hydrogen-bond acceptors (Lipinski definition) is 6. The summed E-state index contributed by atoms with van der Waals surface area (Å²) in [5.74, 6) is 0. The molecule has 3 aromatic carbocycles. The lowest BCUT2D eigenvalue weighted by Crippen LogP contribution is -2.22. The van der Waals surface area contributed by atoms with Crippen LogP contribution >= 0.6 is 23.1 Å². The molecule has 6 heteroatoms. The molecule has 0 amide bonds. The highest BCUT2D eigenvalue weighted by molar-refractivity contribution is 7.98. The van der Waals surface area contributed by atoms with E-state index >= 15 is 0 Å². The number of rotatable bonds is 6. The van der Waals surface area contributed by atoms with Gasteiger partial charge in [0.05, 0.1) is 34.8 Å². The smallest absolute Gasteiger partial charge is 0.113 e. The molecular weight excluding hydrogens is 396 g/mol. The van der Waals surface area contributed by atoms with Crippen LogP contribution in [0, 0.1) is 0 Å². The van der Waals surface area contributed by atoms with E-state index in [-0.39, 0.29) is 0 Å². The van der Waals surface area contributed by atoms with Crippen LogP contribution in [0.15, 0.2) is 71.6 Å². The molecule has 0 atom stereocenters. The molecule has 1 aromatic heterocycles. The zero-order valence-electron chi connectivity index (χ0n) is 16.2. The van der Waals surface area contributed by atoms with Gasteiger partial charge in [0.25, 0.3) is 0 Å². The van der Waals surface area contributed by atoms with Crippen molar-refractivity contribution >= 4 is 50.4 Å². The molecule has 0 unspecified atom stereocenters. The van der Waals surface area contributed by atoms with Gasteiger partial charge in [-0.15, -0.1) is 23.1 Å². The third kappa shape index (κ3) is 3.91. The number of thioether (sulfide) groups is 1. The maximum atomic E-state index is 4.87. The van der Waals surface area contributed by atoms with Crippen LogP contribution in [0.2, 0.25) is 0 Å². The van der Waals surface area contributed by atoms with E-state index in [9.17, 15) is 0 Å². The molecule has 0 radical (unpaired) electrons. The second-order valence-electron chi connectivity index (χ2n) is 7.04. The van der Waals surface area contributed by atoms with E-state index in [0.717, 1.165) is 41.7 Å². The maximum absolute atomic E-state index is 4.87. The van der Waals surface area contributed by atoms with E-state index in [1.165, 1.54) is 20.8 Å². The summed E-state index contributed by atoms with van der Waals surface area (Å²) in [5, 5.41) is 7.90. The summed E-state index contributed by atoms with van der Waals surface area (Å²) in [6, 6.07) is 23.8. The summed E-state index contributed by atoms with van der Waals surface area (Å²) in [6.07, 6.45) is 2.11. The minimum atomic E-state index is 0.785. The minimum Gasteiger partial charge on any atom is -0.366 e. The number of hydrogen-bond donors (Lipinski definition) is 2. The van der Waals surface area contributed by atoms with Gasteiger partial charge in [-0.1, -0.05) is 24.3 Å². The first-order valence-electron chi connectivity index (χ1n) is 9.62. The van der Waals surface area contributed by atoms with Crippen molar-refractivity contribution in [3.8, 4) is 0 Å². The van der Waals surface area contributed by atoms with Crippen molar-refractivity contribution in [3.05, 3.63) is 77.3 Å². The quantitative estimate of drug-likeness (QED) is 0.375. The van der Waals surface area contributed by atoms with Crippen molar-refractivity contribution in [3.63, 3.8) is 0 Å². The molecule has 2 heterocycles. The number of aromatic nitrogens is 1. The highest BCUT2D eigenvalue weighted by atomic mass is 32.2. The molecule has 5 rings (SSSR count). The Balaban J connectivity index is 1.47. The van der Waals surface area contributed by atoms with Crippen LogP contribution in [0.1, 0.15) is 10.6 Å². The van der Waals surface area contributed by atoms with Crippen molar-refractivity contribution in [2.45, 2.75) is 18.0 Å². The first-order chi connectivity index (χ1) is 14.3. The van der Waals surface area contributed by atoms with Gasteiger partial charge in [0, 0.05) is 17.1 Å². The zero-order valence-corrected chi connectivity index (χ0v) is 17.8. The number of benzene rings is 3. The second kappa shape index (κ2) is 7.97. The molecule has 0 saturated carbocycles. The molecule has 0 spiro atoms. The number of thiazole rings is 1. The standard InChI is InChI=1S/C23H22N4S2/c1-28-18-9-6-16(7-10-18)13-27(17-8-11-19-21(12-17)25-15-24-19)14-23-26-20-4-2-3-5-22(20)29-23/h2-12,24-25H,13-15H2,1H3. The van der Waals surface area contributed by atoms with Gasteiger partial charge in [0.1, 0.15) is 5.01 Å². The molecular formula is C23H22N4S2. The molecule has 146 valence electrons. The van der Waals surface area contributed by atoms with Gasteiger partial charge in [-0.2, -0.15) is 0 Å². The van der Waals surface area contributed by atoms with Crippen LogP contribution in [0.4, 0.5) is 17.1 Å². The number of nitrogens with one attached hydrogen (secondary N) is 2. The number of nitrogens with zero attached hydrogens (tertiary/aromatic N) is 2. The zero-order chi connectivity index (χ0) is 19.6. The van der Waals surface area contributed by atoms with Gasteiger partial charge in [-0.25, -0.2) is 4.98 Å². The molecule has 29 heavy (non-hydrogen) atoms. The van der Waals surface area contributed by atoms with Gasteiger partial charge in [-0.3, -0.25) is 0 Å². The Hall–Kier alpha value is -2.70. The van der Waals surface area contributed by atoms with Crippen LogP contribution in [0.3, 0.4) is 0 Å². The Bertz CT molecular complexity index is 1100. The largest absolute Gasteiger partial charge is 0.366 e. The summed E-state index contributed by atoms with van der Waals surface area (Å²) < 4.78 is 1.24. The first-order valence-corrected chi connectivity index (χ1v) is 11.7. The fourth-order valence-corrected chi connectivity index (χ4v) is 5.00. The average Bonchev–Trinajstić information content (AvgIpc) is 3.39. The predicted molar refractivity (Wildman–Crippen MR) is 126 cm³/mol. The number of para-hydroxylation sites is 1. The molecule has 0 saturated heterocycles. The molecule has 2 N–H and O–H groups in total. The Labute approximate surface area is 179 Å². The normalized spacial score (nSPS) is 12.4. The van der Waals surface area contributed by atoms with E-state index in [4.69, 9.17) is 4.98 Å². The third-order valence-electron chi connectivity index (χ3n) is 5.12. The van der Waals surface area contributed by atoms with Crippen molar-refractivity contribution in [2.24, 2.45) is 0 Å². The van der Waals surface area contributed by atoms with Crippen LogP contribution in [-0.4, -0.2) is 17.9 Å². The van der Waals surface area contributed by atoms with Crippen molar-refractivity contribution in [1.29, 1.82) is 0 Å². The molecule has 4 nitrogen and oxygen atoms in total. The van der Waals surface area contributed by atoms with Crippen LogP contribution < -0.4 is 15.5 Å². The molecule has 1 aliphatic heterocycles. The molecule has 4 aromatic rings. The average molecular weight is 419 g/mol. The molecule has 0 bridgehead atoms. The molecule has 1 aliphatic rings. The monoisotopic (exact) mass is 418 g/mol. The maximum Gasteiger partial charge on any atom is 0.113 e. The van der Waals surface area contributed by atoms with Crippen LogP contribution in [0.5, 0.6) is 0 Å². The Morgan fingerprint density at radius 2 is 1.79 bits per heavy atom. The van der Waals surface area contributed by atoms with E-state index in [1.54, 1.807) is 23.1 Å². The van der Waals surface area contributed by atoms with Gasteiger partial charge in [-0.05, 0) is 54.3 Å². The van der Waals surface area contributed by atoms with E-state index in [1.807, 2.05) is 0 Å². The van der Waals surface area contributed by atoms with Gasteiger partial charge in [0.2, 0.25) is 0 Å². The summed E-state index contributed by atoms with van der Waals surface area (Å²) in [5.41, 5.74) is 5.91. The fraction of sp³-hybridized carbons (Fsp3) is 0.174. The summed E-state index contributed by atoms with van der Waals surface area (Å²) in [7, 11) is 0. The first kappa shape index (κ1) is 18.3. The van der Waals surface area contributed by atoms with Gasteiger partial charge in [0.15, 0.2) is 0 Å². The van der Waals surface area contributed by atoms with E-state index < -0.39 is 0 Å². The van der Waals surface area contributed by atoms with Crippen molar-refractivity contribution in [2.75, 3.05) is 28.5 Å². The lowest BCUT2D eigenvalue weighted by atomic mass is 10.1. The summed E-state index contributed by atoms with van der Waals surface area (Å²) in [6.45, 7) is 2.42. The summed E-state index contributed by atoms with van der Waals surface area (Å²) in [4.78, 5) is 8.56. The lowest BCUT2D eigenvalue weighted by Gasteiger charge is -2.25. The SMILES string of the molecule is CSc1ccc(CN(Cc2nc3ccccc3s2)c2ccc3c(c2)NCN3)cc1. The predicted octanol–water partition coefficient (Wildman–Crippen LogP) is 6.02. The van der Waals surface area contributed by atoms with Gasteiger partial charge >= 0.3 is 0 Å². The summed E-state index contributed by atoms with van der Waals surface area (Å²) >= 11 is 3.55. The van der Waals surface area contributed by atoms with Gasteiger partial charge < -0.3 is 15.5 Å². The van der Waals surface area contributed by atoms with E-state index in [2.05, 4.69) is 88.5 Å². The Morgan fingerprint density at radius 1 is 0.966 bits per heavy atom. The fourth-order valence-electron chi connectivity index (χ4n) is 3.60. The topological polar surface area (TPSA) is 40.2 Å². The van der Waals surface area contributed by atoms with Crippen molar-refractivity contribution in [1.82, 2.24) is 4.98 Å². The number of fused-ring (bicyclic) bond motifs is 2. The second-order valence-corrected chi connectivity index (χ2v) is 9.03. The molecule has 0 fully saturated rings. The third-order valence-corrected chi connectivity index (χ3v) is 6.89.